The van der Waals surface area contributed by atoms with Crippen molar-refractivity contribution in [2.75, 3.05) is 6.54 Å². The first-order valence-electron chi connectivity index (χ1n) is 4.16. The van der Waals surface area contributed by atoms with Crippen molar-refractivity contribution in [1.82, 2.24) is 5.32 Å². The Morgan fingerprint density at radius 2 is 2.15 bits per heavy atom. The van der Waals surface area contributed by atoms with Crippen LogP contribution in [0.25, 0.3) is 0 Å². The van der Waals surface area contributed by atoms with Crippen molar-refractivity contribution >= 4 is 11.9 Å². The Kier molecular flexibility index (Phi) is 5.59. The lowest BCUT2D eigenvalue weighted by Crippen LogP contribution is -2.25. The lowest BCUT2D eigenvalue weighted by atomic mass is 10.4. The fourth-order valence-electron chi connectivity index (χ4n) is 0.682. The summed E-state index contributed by atoms with van der Waals surface area (Å²) in [6, 6.07) is 0. The van der Waals surface area contributed by atoms with Gasteiger partial charge in [-0.3, -0.25) is 9.59 Å². The van der Waals surface area contributed by atoms with E-state index in [0.717, 1.165) is 6.08 Å². The monoisotopic (exact) mass is 185 g/mol. The molecule has 0 atom stereocenters. The molecular formula is C9H15NO3. The molecule has 0 aliphatic rings. The molecule has 0 saturated heterocycles. The molecule has 0 saturated carbocycles. The van der Waals surface area contributed by atoms with E-state index in [1.165, 1.54) is 0 Å². The Hall–Kier alpha value is -1.32. The topological polar surface area (TPSA) is 55.4 Å². The van der Waals surface area contributed by atoms with Gasteiger partial charge < -0.3 is 10.1 Å². The molecule has 4 heteroatoms. The van der Waals surface area contributed by atoms with E-state index >= 15 is 0 Å². The van der Waals surface area contributed by atoms with Crippen LogP contribution in [0, 0.1) is 0 Å². The van der Waals surface area contributed by atoms with Crippen LogP contribution in [0.4, 0.5) is 0 Å². The van der Waals surface area contributed by atoms with Crippen LogP contribution in [0.2, 0.25) is 0 Å². The van der Waals surface area contributed by atoms with E-state index in [4.69, 9.17) is 4.74 Å². The van der Waals surface area contributed by atoms with E-state index in [2.05, 4.69) is 11.9 Å². The predicted octanol–water partition coefficient (Wildman–Crippen LogP) is 0.630. The molecule has 0 unspecified atom stereocenters. The van der Waals surface area contributed by atoms with Crippen molar-refractivity contribution in [3.8, 4) is 0 Å². The first-order valence-corrected chi connectivity index (χ1v) is 4.16. The van der Waals surface area contributed by atoms with Crippen molar-refractivity contribution in [3.05, 3.63) is 12.7 Å². The van der Waals surface area contributed by atoms with Crippen LogP contribution < -0.4 is 5.32 Å². The Bertz CT molecular complexity index is 199. The fraction of sp³-hybridized carbons (Fsp3) is 0.556. The molecule has 4 nitrogen and oxygen atoms in total. The Labute approximate surface area is 78.0 Å². The van der Waals surface area contributed by atoms with Crippen LogP contribution in [-0.2, 0) is 14.3 Å². The maximum atomic E-state index is 10.9. The van der Waals surface area contributed by atoms with Gasteiger partial charge in [0.2, 0.25) is 5.91 Å². The highest BCUT2D eigenvalue weighted by Crippen LogP contribution is 1.91. The number of nitrogens with one attached hydrogen (secondary N) is 1. The number of carbonyl (C=O) groups is 2. The van der Waals surface area contributed by atoms with Crippen LogP contribution in [0.5, 0.6) is 0 Å². The minimum atomic E-state index is -0.306. The molecule has 0 spiro atoms. The van der Waals surface area contributed by atoms with Crippen LogP contribution in [0.1, 0.15) is 20.3 Å². The van der Waals surface area contributed by atoms with E-state index in [1.807, 2.05) is 0 Å². The second kappa shape index (κ2) is 6.22. The van der Waals surface area contributed by atoms with E-state index in [0.29, 0.717) is 0 Å². The van der Waals surface area contributed by atoms with Crippen LogP contribution >= 0.6 is 0 Å². The molecule has 74 valence electrons. The summed E-state index contributed by atoms with van der Waals surface area (Å²) in [4.78, 5) is 21.6. The highest BCUT2D eigenvalue weighted by molar-refractivity contribution is 5.87. The van der Waals surface area contributed by atoms with Gasteiger partial charge in [0, 0.05) is 6.54 Å². The Morgan fingerprint density at radius 1 is 1.54 bits per heavy atom. The summed E-state index contributed by atoms with van der Waals surface area (Å²) in [5.41, 5.74) is 0. The number of carbonyl (C=O) groups excluding carboxylic acids is 2. The number of hydrogen-bond donors (Lipinski definition) is 1. The summed E-state index contributed by atoms with van der Waals surface area (Å²) >= 11 is 0. The highest BCUT2D eigenvalue weighted by Gasteiger charge is 2.04. The zero-order valence-corrected chi connectivity index (χ0v) is 8.00. The molecule has 0 aliphatic heterocycles. The average molecular weight is 185 g/mol. The van der Waals surface area contributed by atoms with Crippen LogP contribution in [0.3, 0.4) is 0 Å². The lowest BCUT2D eigenvalue weighted by Gasteiger charge is -2.07. The largest absolute Gasteiger partial charge is 0.463 e. The summed E-state index contributed by atoms with van der Waals surface area (Å²) in [5.74, 6) is -0.586. The van der Waals surface area contributed by atoms with Gasteiger partial charge in [0.1, 0.15) is 0 Å². The van der Waals surface area contributed by atoms with Gasteiger partial charge in [0.25, 0.3) is 0 Å². The molecule has 1 amide bonds. The number of hydrogen-bond acceptors (Lipinski definition) is 3. The molecule has 1 N–H and O–H groups in total. The quantitative estimate of drug-likeness (QED) is 0.505. The molecule has 13 heavy (non-hydrogen) atoms. The zero-order chi connectivity index (χ0) is 10.3. The number of amides is 1. The summed E-state index contributed by atoms with van der Waals surface area (Å²) in [6.45, 7) is 7.12. The summed E-state index contributed by atoms with van der Waals surface area (Å²) in [6.07, 6.45) is 1.24. The minimum Gasteiger partial charge on any atom is -0.463 e. The summed E-state index contributed by atoms with van der Waals surface area (Å²) in [5, 5.41) is 2.48. The third-order valence-corrected chi connectivity index (χ3v) is 1.18. The first kappa shape index (κ1) is 11.7. The second-order valence-electron chi connectivity index (χ2n) is 2.78. The molecule has 0 bridgehead atoms. The standard InChI is InChI=1S/C9H15NO3/c1-4-8(11)10-6-5-9(12)13-7(2)3/h4,7H,1,5-6H2,2-3H3,(H,10,11). The average Bonchev–Trinajstić information content (AvgIpc) is 2.02. The maximum absolute atomic E-state index is 10.9. The Balaban J connectivity index is 3.48. The molecule has 0 aliphatic carbocycles. The molecule has 0 aromatic heterocycles. The highest BCUT2D eigenvalue weighted by atomic mass is 16.5. The normalized spacial score (nSPS) is 9.46. The van der Waals surface area contributed by atoms with Crippen molar-refractivity contribution in [3.63, 3.8) is 0 Å². The van der Waals surface area contributed by atoms with Crippen LogP contribution in [-0.4, -0.2) is 24.5 Å². The van der Waals surface area contributed by atoms with Gasteiger partial charge in [0.15, 0.2) is 0 Å². The molecule has 0 aromatic rings. The van der Waals surface area contributed by atoms with Crippen molar-refractivity contribution in [2.45, 2.75) is 26.4 Å². The molecule has 0 rings (SSSR count). The lowest BCUT2D eigenvalue weighted by molar-refractivity contribution is -0.147. The first-order chi connectivity index (χ1) is 6.06. The number of ether oxygens (including phenoxy) is 1. The predicted molar refractivity (Wildman–Crippen MR) is 49.1 cm³/mol. The third-order valence-electron chi connectivity index (χ3n) is 1.18. The zero-order valence-electron chi connectivity index (χ0n) is 8.00. The van der Waals surface area contributed by atoms with Gasteiger partial charge in [-0.05, 0) is 19.9 Å². The van der Waals surface area contributed by atoms with Crippen molar-refractivity contribution in [1.29, 1.82) is 0 Å². The fourth-order valence-corrected chi connectivity index (χ4v) is 0.682. The van der Waals surface area contributed by atoms with Gasteiger partial charge >= 0.3 is 5.97 Å². The van der Waals surface area contributed by atoms with Gasteiger partial charge in [0.05, 0.1) is 12.5 Å². The van der Waals surface area contributed by atoms with E-state index in [9.17, 15) is 9.59 Å². The molecule has 0 aromatic carbocycles. The van der Waals surface area contributed by atoms with Crippen molar-refractivity contribution in [2.24, 2.45) is 0 Å². The number of rotatable bonds is 5. The molecule has 0 fully saturated rings. The van der Waals surface area contributed by atoms with Crippen LogP contribution in [0.15, 0.2) is 12.7 Å². The van der Waals surface area contributed by atoms with Gasteiger partial charge in [-0.2, -0.15) is 0 Å². The minimum absolute atomic E-state index is 0.109. The van der Waals surface area contributed by atoms with Gasteiger partial charge in [-0.1, -0.05) is 6.58 Å². The van der Waals surface area contributed by atoms with E-state index in [1.54, 1.807) is 13.8 Å². The second-order valence-corrected chi connectivity index (χ2v) is 2.78. The van der Waals surface area contributed by atoms with Crippen molar-refractivity contribution < 1.29 is 14.3 Å². The summed E-state index contributed by atoms with van der Waals surface area (Å²) < 4.78 is 4.85. The smallest absolute Gasteiger partial charge is 0.307 e. The van der Waals surface area contributed by atoms with E-state index in [-0.39, 0.29) is 30.9 Å². The molecule has 0 radical (unpaired) electrons. The maximum Gasteiger partial charge on any atom is 0.307 e. The molecule has 0 heterocycles. The van der Waals surface area contributed by atoms with E-state index < -0.39 is 0 Å². The SMILES string of the molecule is C=CC(=O)NCCC(=O)OC(C)C. The molecular weight excluding hydrogens is 170 g/mol. The third kappa shape index (κ3) is 7.05. The number of esters is 1. The van der Waals surface area contributed by atoms with Gasteiger partial charge in [-0.25, -0.2) is 0 Å². The Morgan fingerprint density at radius 3 is 2.62 bits per heavy atom. The van der Waals surface area contributed by atoms with Gasteiger partial charge in [-0.15, -0.1) is 0 Å². The summed E-state index contributed by atoms with van der Waals surface area (Å²) in [7, 11) is 0.